The zero-order valence-corrected chi connectivity index (χ0v) is 14.2. The highest BCUT2D eigenvalue weighted by molar-refractivity contribution is 9.11. The summed E-state index contributed by atoms with van der Waals surface area (Å²) in [5.41, 5.74) is 5.79. The van der Waals surface area contributed by atoms with Gasteiger partial charge < -0.3 is 0 Å². The van der Waals surface area contributed by atoms with Crippen molar-refractivity contribution < 1.29 is 0 Å². The van der Waals surface area contributed by atoms with Crippen LogP contribution >= 0.6 is 43.2 Å². The van der Waals surface area contributed by atoms with Crippen LogP contribution in [0.15, 0.2) is 28.1 Å². The Morgan fingerprint density at radius 3 is 2.67 bits per heavy atom. The Kier molecular flexibility index (Phi) is 3.65. The molecule has 0 saturated carbocycles. The molecule has 1 aromatic heterocycles. The SMILES string of the molecule is Cc1cc(C(Br)c2ccc3c(c2)CCC3)sc1Br. The molecule has 0 N–H and O–H groups in total. The maximum Gasteiger partial charge on any atom is 0.0738 e. The minimum Gasteiger partial charge on any atom is -0.131 e. The first kappa shape index (κ1) is 12.9. The fraction of sp³-hybridized carbons (Fsp3) is 0.333. The monoisotopic (exact) mass is 384 g/mol. The van der Waals surface area contributed by atoms with Crippen molar-refractivity contribution in [1.29, 1.82) is 0 Å². The molecule has 0 bridgehead atoms. The number of rotatable bonds is 2. The van der Waals surface area contributed by atoms with Crippen molar-refractivity contribution in [1.82, 2.24) is 0 Å². The molecule has 0 aliphatic heterocycles. The number of halogens is 2. The highest BCUT2D eigenvalue weighted by Crippen LogP contribution is 2.40. The first-order chi connectivity index (χ1) is 8.65. The Morgan fingerprint density at radius 1 is 1.17 bits per heavy atom. The highest BCUT2D eigenvalue weighted by Gasteiger charge is 2.17. The van der Waals surface area contributed by atoms with E-state index in [9.17, 15) is 0 Å². The maximum absolute atomic E-state index is 3.84. The fourth-order valence-corrected chi connectivity index (χ4v) is 4.80. The van der Waals surface area contributed by atoms with Crippen molar-refractivity contribution >= 4 is 43.2 Å². The first-order valence-corrected chi connectivity index (χ1v) is 8.69. The lowest BCUT2D eigenvalue weighted by atomic mass is 10.0. The second-order valence-corrected chi connectivity index (χ2v) is 8.17. The predicted molar refractivity (Wildman–Crippen MR) is 86.0 cm³/mol. The van der Waals surface area contributed by atoms with Crippen LogP contribution in [0.3, 0.4) is 0 Å². The summed E-state index contributed by atoms with van der Waals surface area (Å²) in [5.74, 6) is 0. The van der Waals surface area contributed by atoms with Gasteiger partial charge in [0.25, 0.3) is 0 Å². The predicted octanol–water partition coefficient (Wildman–Crippen LogP) is 5.79. The standard InChI is InChI=1S/C15H14Br2S/c1-9-7-13(18-15(9)17)14(16)12-6-5-10-3-2-4-11(10)8-12/h5-8,14H,2-4H2,1H3. The molecule has 1 atom stereocenters. The van der Waals surface area contributed by atoms with Gasteiger partial charge in [0.1, 0.15) is 0 Å². The van der Waals surface area contributed by atoms with Crippen LogP contribution in [0.5, 0.6) is 0 Å². The molecular weight excluding hydrogens is 372 g/mol. The summed E-state index contributed by atoms with van der Waals surface area (Å²) in [5, 5.41) is 0. The van der Waals surface area contributed by atoms with Gasteiger partial charge in [-0.15, -0.1) is 11.3 Å². The maximum atomic E-state index is 3.84. The second kappa shape index (κ2) is 5.10. The Morgan fingerprint density at radius 2 is 1.94 bits per heavy atom. The van der Waals surface area contributed by atoms with Gasteiger partial charge >= 0.3 is 0 Å². The zero-order valence-electron chi connectivity index (χ0n) is 10.2. The number of hydrogen-bond acceptors (Lipinski definition) is 1. The fourth-order valence-electron chi connectivity index (χ4n) is 2.52. The van der Waals surface area contributed by atoms with Crippen molar-refractivity contribution in [3.05, 3.63) is 55.2 Å². The Bertz CT molecular complexity index is 567. The number of benzene rings is 1. The van der Waals surface area contributed by atoms with E-state index >= 15 is 0 Å². The summed E-state index contributed by atoms with van der Waals surface area (Å²) in [4.78, 5) is 1.69. The van der Waals surface area contributed by atoms with Crippen molar-refractivity contribution in [2.24, 2.45) is 0 Å². The molecule has 2 aromatic rings. The normalized spacial score (nSPS) is 15.7. The van der Waals surface area contributed by atoms with Gasteiger partial charge in [-0.25, -0.2) is 0 Å². The first-order valence-electron chi connectivity index (χ1n) is 6.17. The topological polar surface area (TPSA) is 0 Å². The van der Waals surface area contributed by atoms with E-state index in [2.05, 4.69) is 63.0 Å². The zero-order chi connectivity index (χ0) is 12.7. The Hall–Kier alpha value is -0.120. The van der Waals surface area contributed by atoms with Crippen molar-refractivity contribution in [3.63, 3.8) is 0 Å². The van der Waals surface area contributed by atoms with E-state index in [0.717, 1.165) is 0 Å². The number of alkyl halides is 1. The Labute approximate surface area is 129 Å². The average molecular weight is 386 g/mol. The molecule has 3 rings (SSSR count). The van der Waals surface area contributed by atoms with Crippen LogP contribution in [0.1, 0.15) is 38.4 Å². The molecule has 18 heavy (non-hydrogen) atoms. The third-order valence-corrected chi connectivity index (χ3v) is 7.07. The van der Waals surface area contributed by atoms with Gasteiger partial charge in [-0.05, 0) is 70.4 Å². The summed E-state index contributed by atoms with van der Waals surface area (Å²) in [6.45, 7) is 2.15. The molecule has 94 valence electrons. The molecule has 1 aromatic carbocycles. The van der Waals surface area contributed by atoms with Gasteiger partial charge in [0.05, 0.1) is 8.61 Å². The summed E-state index contributed by atoms with van der Waals surface area (Å²) in [6, 6.07) is 9.22. The lowest BCUT2D eigenvalue weighted by Gasteiger charge is -2.10. The molecule has 0 spiro atoms. The summed E-state index contributed by atoms with van der Waals surface area (Å²) >= 11 is 9.26. The molecule has 0 amide bonds. The number of aryl methyl sites for hydroxylation is 3. The largest absolute Gasteiger partial charge is 0.131 e. The quantitative estimate of drug-likeness (QED) is 0.573. The summed E-state index contributed by atoms with van der Waals surface area (Å²) in [6.07, 6.45) is 3.82. The number of hydrogen-bond donors (Lipinski definition) is 0. The van der Waals surface area contributed by atoms with Crippen LogP contribution in [0.25, 0.3) is 0 Å². The molecule has 1 unspecified atom stereocenters. The van der Waals surface area contributed by atoms with E-state index in [0.29, 0.717) is 4.83 Å². The van der Waals surface area contributed by atoms with Crippen LogP contribution in [-0.2, 0) is 12.8 Å². The summed E-state index contributed by atoms with van der Waals surface area (Å²) < 4.78 is 1.24. The smallest absolute Gasteiger partial charge is 0.0738 e. The Balaban J connectivity index is 1.94. The van der Waals surface area contributed by atoms with Crippen LogP contribution in [0.4, 0.5) is 0 Å². The number of thiophene rings is 1. The molecule has 1 heterocycles. The minimum atomic E-state index is 0.318. The van der Waals surface area contributed by atoms with Gasteiger partial charge in [0.15, 0.2) is 0 Å². The van der Waals surface area contributed by atoms with Gasteiger partial charge in [-0.3, -0.25) is 0 Å². The van der Waals surface area contributed by atoms with Crippen LogP contribution in [0.2, 0.25) is 0 Å². The molecule has 0 saturated heterocycles. The molecule has 0 fully saturated rings. The second-order valence-electron chi connectivity index (χ2n) is 4.85. The van der Waals surface area contributed by atoms with Crippen molar-refractivity contribution in [2.45, 2.75) is 31.0 Å². The third kappa shape index (κ3) is 2.33. The van der Waals surface area contributed by atoms with Crippen LogP contribution in [-0.4, -0.2) is 0 Å². The number of fused-ring (bicyclic) bond motifs is 1. The van der Waals surface area contributed by atoms with E-state index in [1.165, 1.54) is 39.1 Å². The van der Waals surface area contributed by atoms with E-state index in [4.69, 9.17) is 0 Å². The van der Waals surface area contributed by atoms with E-state index in [1.54, 1.807) is 11.1 Å². The molecule has 1 aliphatic rings. The third-order valence-electron chi connectivity index (χ3n) is 3.54. The lowest BCUT2D eigenvalue weighted by Crippen LogP contribution is -1.92. The van der Waals surface area contributed by atoms with Crippen LogP contribution < -0.4 is 0 Å². The molecule has 1 aliphatic carbocycles. The minimum absolute atomic E-state index is 0.318. The van der Waals surface area contributed by atoms with E-state index < -0.39 is 0 Å². The van der Waals surface area contributed by atoms with Gasteiger partial charge in [0.2, 0.25) is 0 Å². The van der Waals surface area contributed by atoms with Gasteiger partial charge in [0, 0.05) is 4.88 Å². The van der Waals surface area contributed by atoms with E-state index in [1.807, 2.05) is 11.3 Å². The molecule has 0 radical (unpaired) electrons. The summed E-state index contributed by atoms with van der Waals surface area (Å²) in [7, 11) is 0. The lowest BCUT2D eigenvalue weighted by molar-refractivity contribution is 0.911. The van der Waals surface area contributed by atoms with Gasteiger partial charge in [-0.1, -0.05) is 34.1 Å². The van der Waals surface area contributed by atoms with Crippen molar-refractivity contribution in [3.8, 4) is 0 Å². The van der Waals surface area contributed by atoms with E-state index in [-0.39, 0.29) is 0 Å². The van der Waals surface area contributed by atoms with Crippen LogP contribution in [0, 0.1) is 6.92 Å². The van der Waals surface area contributed by atoms with Gasteiger partial charge in [-0.2, -0.15) is 0 Å². The van der Waals surface area contributed by atoms with Crippen molar-refractivity contribution in [2.75, 3.05) is 0 Å². The molecular formula is C15H14Br2S. The average Bonchev–Trinajstić information content (AvgIpc) is 2.95. The highest BCUT2D eigenvalue weighted by atomic mass is 79.9. The molecule has 0 nitrogen and oxygen atoms in total. The molecule has 3 heteroatoms.